The summed E-state index contributed by atoms with van der Waals surface area (Å²) in [5, 5.41) is 4.17. The Hall–Kier alpha value is -0.940. The van der Waals surface area contributed by atoms with Crippen molar-refractivity contribution in [2.75, 3.05) is 26.3 Å². The quantitative estimate of drug-likeness (QED) is 0.614. The summed E-state index contributed by atoms with van der Waals surface area (Å²) in [6.45, 7) is 4.38. The summed E-state index contributed by atoms with van der Waals surface area (Å²) in [7, 11) is 1.83. The van der Waals surface area contributed by atoms with Crippen LogP contribution in [0.4, 0.5) is 0 Å². The summed E-state index contributed by atoms with van der Waals surface area (Å²) in [6.07, 6.45) is 2.76. The fourth-order valence-electron chi connectivity index (χ4n) is 1.37. The Labute approximate surface area is 77.3 Å². The van der Waals surface area contributed by atoms with E-state index in [0.717, 1.165) is 38.7 Å². The molecule has 0 aliphatic carbocycles. The van der Waals surface area contributed by atoms with Crippen LogP contribution >= 0.6 is 0 Å². The van der Waals surface area contributed by atoms with Crippen molar-refractivity contribution in [3.05, 3.63) is 12.2 Å². The smallest absolute Gasteiger partial charge is 0.196 e. The molecule has 1 saturated heterocycles. The van der Waals surface area contributed by atoms with Crippen LogP contribution in [-0.2, 0) is 18.3 Å². The minimum Gasteiger partial charge on any atom is -0.379 e. The third kappa shape index (κ3) is 2.26. The fourth-order valence-corrected chi connectivity index (χ4v) is 1.37. The van der Waals surface area contributed by atoms with Crippen LogP contribution in [0.25, 0.3) is 0 Å². The Morgan fingerprint density at radius 1 is 1.46 bits per heavy atom. The molecule has 5 nitrogen and oxygen atoms in total. The molecule has 5 heteroatoms. The van der Waals surface area contributed by atoms with Crippen molar-refractivity contribution >= 4 is 0 Å². The molecule has 0 unspecified atom stereocenters. The highest BCUT2D eigenvalue weighted by molar-refractivity contribution is 4.81. The number of nitrogens with zero attached hydrogens (tertiary/aromatic N) is 4. The second kappa shape index (κ2) is 3.85. The largest absolute Gasteiger partial charge is 0.379 e. The number of aryl methyl sites for hydroxylation is 1. The minimum absolute atomic E-state index is 0.806. The number of rotatable bonds is 2. The maximum Gasteiger partial charge on any atom is 0.196 e. The summed E-state index contributed by atoms with van der Waals surface area (Å²) in [5.41, 5.74) is 0. The highest BCUT2D eigenvalue weighted by Gasteiger charge is 2.12. The SMILES string of the molecule is Cn1[c]nc(CN2CCOCC2)n1. The lowest BCUT2D eigenvalue weighted by molar-refractivity contribution is 0.0330. The predicted molar refractivity (Wildman–Crippen MR) is 45.9 cm³/mol. The van der Waals surface area contributed by atoms with Crippen LogP contribution < -0.4 is 0 Å². The van der Waals surface area contributed by atoms with Crippen LogP contribution in [0.2, 0.25) is 0 Å². The molecule has 0 spiro atoms. The highest BCUT2D eigenvalue weighted by Crippen LogP contribution is 2.01. The van der Waals surface area contributed by atoms with Gasteiger partial charge in [0, 0.05) is 20.1 Å². The Morgan fingerprint density at radius 3 is 2.85 bits per heavy atom. The molecule has 13 heavy (non-hydrogen) atoms. The zero-order valence-corrected chi connectivity index (χ0v) is 7.73. The van der Waals surface area contributed by atoms with E-state index < -0.39 is 0 Å². The Kier molecular flexibility index (Phi) is 2.56. The van der Waals surface area contributed by atoms with Crippen LogP contribution in [0.5, 0.6) is 0 Å². The number of hydrogen-bond acceptors (Lipinski definition) is 4. The average molecular weight is 181 g/mol. The Bertz CT molecular complexity index is 267. The van der Waals surface area contributed by atoms with Gasteiger partial charge in [-0.05, 0) is 0 Å². The van der Waals surface area contributed by atoms with Gasteiger partial charge in [0.25, 0.3) is 0 Å². The normalized spacial score (nSPS) is 19.2. The second-order valence-corrected chi connectivity index (χ2v) is 3.14. The first kappa shape index (κ1) is 8.65. The van der Waals surface area contributed by atoms with Gasteiger partial charge in [0.05, 0.1) is 19.8 Å². The average Bonchev–Trinajstić information content (AvgIpc) is 2.53. The number of hydrogen-bond donors (Lipinski definition) is 0. The lowest BCUT2D eigenvalue weighted by atomic mass is 10.4. The van der Waals surface area contributed by atoms with E-state index in [4.69, 9.17) is 4.74 Å². The van der Waals surface area contributed by atoms with Gasteiger partial charge in [-0.25, -0.2) is 9.67 Å². The number of ether oxygens (including phenoxy) is 1. The van der Waals surface area contributed by atoms with Crippen molar-refractivity contribution < 1.29 is 4.74 Å². The molecule has 0 N–H and O–H groups in total. The summed E-state index contributed by atoms with van der Waals surface area (Å²) in [4.78, 5) is 6.34. The number of aromatic nitrogens is 3. The van der Waals surface area contributed by atoms with Gasteiger partial charge >= 0.3 is 0 Å². The van der Waals surface area contributed by atoms with Gasteiger partial charge in [-0.3, -0.25) is 4.90 Å². The lowest BCUT2D eigenvalue weighted by Crippen LogP contribution is -2.35. The molecule has 0 saturated carbocycles. The molecule has 0 atom stereocenters. The molecule has 0 aromatic carbocycles. The van der Waals surface area contributed by atoms with E-state index in [1.807, 2.05) is 7.05 Å². The van der Waals surface area contributed by atoms with E-state index in [1.165, 1.54) is 0 Å². The first-order valence-electron chi connectivity index (χ1n) is 4.42. The standard InChI is InChI=1S/C8H13N4O/c1-11-7-9-8(10-11)6-12-2-4-13-5-3-12/h2-6H2,1H3. The molecule has 2 rings (SSSR count). The van der Waals surface area contributed by atoms with Crippen LogP contribution in [0, 0.1) is 6.33 Å². The van der Waals surface area contributed by atoms with Crippen LogP contribution in [0.1, 0.15) is 5.82 Å². The third-order valence-electron chi connectivity index (χ3n) is 2.06. The van der Waals surface area contributed by atoms with E-state index in [9.17, 15) is 0 Å². The Balaban J connectivity index is 1.89. The van der Waals surface area contributed by atoms with Crippen molar-refractivity contribution in [1.82, 2.24) is 19.7 Å². The van der Waals surface area contributed by atoms with Crippen molar-refractivity contribution in [3.8, 4) is 0 Å². The van der Waals surface area contributed by atoms with E-state index in [1.54, 1.807) is 4.68 Å². The summed E-state index contributed by atoms with van der Waals surface area (Å²) in [5.74, 6) is 0.837. The van der Waals surface area contributed by atoms with E-state index in [-0.39, 0.29) is 0 Å². The molecule has 1 aliphatic heterocycles. The van der Waals surface area contributed by atoms with E-state index >= 15 is 0 Å². The lowest BCUT2D eigenvalue weighted by Gasteiger charge is -2.25. The van der Waals surface area contributed by atoms with Gasteiger partial charge in [-0.15, -0.1) is 0 Å². The zero-order valence-electron chi connectivity index (χ0n) is 7.73. The van der Waals surface area contributed by atoms with Crippen molar-refractivity contribution in [2.24, 2.45) is 7.05 Å². The van der Waals surface area contributed by atoms with Crippen molar-refractivity contribution in [3.63, 3.8) is 0 Å². The monoisotopic (exact) mass is 181 g/mol. The van der Waals surface area contributed by atoms with Crippen molar-refractivity contribution in [1.29, 1.82) is 0 Å². The maximum atomic E-state index is 5.25. The molecule has 1 aliphatic rings. The zero-order chi connectivity index (χ0) is 9.10. The van der Waals surface area contributed by atoms with Gasteiger partial charge in [0.15, 0.2) is 12.2 Å². The predicted octanol–water partition coefficient (Wildman–Crippen LogP) is -0.553. The van der Waals surface area contributed by atoms with Gasteiger partial charge in [0.2, 0.25) is 0 Å². The van der Waals surface area contributed by atoms with Crippen LogP contribution in [0.3, 0.4) is 0 Å². The van der Waals surface area contributed by atoms with Crippen molar-refractivity contribution in [2.45, 2.75) is 6.54 Å². The summed E-state index contributed by atoms with van der Waals surface area (Å²) < 4.78 is 6.85. The van der Waals surface area contributed by atoms with Crippen LogP contribution in [-0.4, -0.2) is 46.0 Å². The van der Waals surface area contributed by atoms with E-state index in [0.29, 0.717) is 0 Å². The molecule has 71 valence electrons. The van der Waals surface area contributed by atoms with Crippen LogP contribution in [0.15, 0.2) is 0 Å². The van der Waals surface area contributed by atoms with E-state index in [2.05, 4.69) is 21.3 Å². The molecular weight excluding hydrogens is 168 g/mol. The molecular formula is C8H13N4O. The molecule has 0 amide bonds. The number of morpholine rings is 1. The molecule has 1 radical (unpaired) electrons. The first-order chi connectivity index (χ1) is 6.34. The summed E-state index contributed by atoms with van der Waals surface area (Å²) in [6, 6.07) is 0. The van der Waals surface area contributed by atoms with Gasteiger partial charge in [-0.1, -0.05) is 0 Å². The van der Waals surface area contributed by atoms with Gasteiger partial charge in [-0.2, -0.15) is 5.10 Å². The third-order valence-corrected chi connectivity index (χ3v) is 2.06. The fraction of sp³-hybridized carbons (Fsp3) is 0.750. The molecule has 1 fully saturated rings. The van der Waals surface area contributed by atoms with Gasteiger partial charge < -0.3 is 4.74 Å². The molecule has 0 bridgehead atoms. The first-order valence-corrected chi connectivity index (χ1v) is 4.42. The molecule has 1 aromatic heterocycles. The highest BCUT2D eigenvalue weighted by atomic mass is 16.5. The second-order valence-electron chi connectivity index (χ2n) is 3.14. The minimum atomic E-state index is 0.806. The molecule has 2 heterocycles. The van der Waals surface area contributed by atoms with Gasteiger partial charge in [0.1, 0.15) is 0 Å². The molecule has 1 aromatic rings. The summed E-state index contributed by atoms with van der Waals surface area (Å²) >= 11 is 0. The maximum absolute atomic E-state index is 5.25. The Morgan fingerprint density at radius 2 is 2.23 bits per heavy atom. The topological polar surface area (TPSA) is 43.2 Å².